The number of halogens is 3. The van der Waals surface area contributed by atoms with E-state index >= 15 is 0 Å². The van der Waals surface area contributed by atoms with Gasteiger partial charge in [-0.15, -0.1) is 0 Å². The van der Waals surface area contributed by atoms with Crippen LogP contribution >= 0.6 is 0 Å². The molecule has 1 unspecified atom stereocenters. The molecule has 2 rings (SSSR count). The molecular weight excluding hydrogens is 273 g/mol. The second-order valence-electron chi connectivity index (χ2n) is 4.16. The second-order valence-corrected chi connectivity index (χ2v) is 4.16. The maximum absolute atomic E-state index is 13.2. The number of nitrogens with one attached hydrogen (secondary N) is 2. The molecule has 108 valence electrons. The molecule has 0 radical (unpaired) electrons. The SMILES string of the molecule is CCOC(=O)C1(C(F)(F)F)NC=C(c2ccccc2)N1. The number of hydrogen-bond acceptors (Lipinski definition) is 4. The van der Waals surface area contributed by atoms with E-state index in [0.29, 0.717) is 5.56 Å². The number of ether oxygens (including phenoxy) is 1. The molecule has 0 aliphatic carbocycles. The molecule has 0 saturated heterocycles. The fraction of sp³-hybridized carbons (Fsp3) is 0.308. The highest BCUT2D eigenvalue weighted by Gasteiger charge is 2.64. The fourth-order valence-electron chi connectivity index (χ4n) is 1.85. The highest BCUT2D eigenvalue weighted by Crippen LogP contribution is 2.34. The predicted molar refractivity (Wildman–Crippen MR) is 66.1 cm³/mol. The first-order valence-corrected chi connectivity index (χ1v) is 5.96. The van der Waals surface area contributed by atoms with Gasteiger partial charge in [-0.1, -0.05) is 30.3 Å². The van der Waals surface area contributed by atoms with Crippen LogP contribution in [0.5, 0.6) is 0 Å². The molecule has 1 atom stereocenters. The van der Waals surface area contributed by atoms with Gasteiger partial charge in [0, 0.05) is 6.20 Å². The molecule has 0 saturated carbocycles. The van der Waals surface area contributed by atoms with Crippen LogP contribution in [0.15, 0.2) is 36.5 Å². The maximum Gasteiger partial charge on any atom is 0.441 e. The van der Waals surface area contributed by atoms with Crippen LogP contribution in [0.2, 0.25) is 0 Å². The molecule has 1 heterocycles. The van der Waals surface area contributed by atoms with Crippen molar-refractivity contribution in [3.63, 3.8) is 0 Å². The summed E-state index contributed by atoms with van der Waals surface area (Å²) in [5, 5.41) is 4.27. The Morgan fingerprint density at radius 1 is 1.30 bits per heavy atom. The Balaban J connectivity index is 2.29. The van der Waals surface area contributed by atoms with Crippen LogP contribution in [0.4, 0.5) is 13.2 Å². The van der Waals surface area contributed by atoms with Crippen LogP contribution in [0.1, 0.15) is 12.5 Å². The lowest BCUT2D eigenvalue weighted by atomic mass is 10.1. The first-order valence-electron chi connectivity index (χ1n) is 5.96. The molecule has 20 heavy (non-hydrogen) atoms. The number of carbonyl (C=O) groups is 1. The number of hydrogen-bond donors (Lipinski definition) is 2. The highest BCUT2D eigenvalue weighted by atomic mass is 19.4. The fourth-order valence-corrected chi connectivity index (χ4v) is 1.85. The van der Waals surface area contributed by atoms with Crippen molar-refractivity contribution in [2.75, 3.05) is 6.61 Å². The van der Waals surface area contributed by atoms with Crippen LogP contribution in [-0.4, -0.2) is 24.4 Å². The Morgan fingerprint density at radius 3 is 2.50 bits per heavy atom. The summed E-state index contributed by atoms with van der Waals surface area (Å²) in [5.41, 5.74) is -2.22. The summed E-state index contributed by atoms with van der Waals surface area (Å²) in [6.45, 7) is 1.31. The Labute approximate surface area is 113 Å². The molecule has 2 N–H and O–H groups in total. The largest absolute Gasteiger partial charge is 0.463 e. The van der Waals surface area contributed by atoms with Gasteiger partial charge in [0.15, 0.2) is 0 Å². The molecule has 0 amide bonds. The molecule has 1 aliphatic rings. The summed E-state index contributed by atoms with van der Waals surface area (Å²) in [6, 6.07) is 8.40. The van der Waals surface area contributed by atoms with Gasteiger partial charge in [-0.25, -0.2) is 4.79 Å². The number of esters is 1. The van der Waals surface area contributed by atoms with Gasteiger partial charge >= 0.3 is 17.8 Å². The number of benzene rings is 1. The topological polar surface area (TPSA) is 50.4 Å². The minimum atomic E-state index is -4.84. The van der Waals surface area contributed by atoms with Gasteiger partial charge < -0.3 is 15.4 Å². The standard InChI is InChI=1S/C13H13F3N2O2/c1-2-20-11(19)12(13(14,15)16)17-8-10(18-12)9-6-4-3-5-7-9/h3-8,17-18H,2H2,1H3. The number of rotatable bonds is 3. The monoisotopic (exact) mass is 286 g/mol. The Bertz CT molecular complexity index is 528. The molecule has 0 fully saturated rings. The molecule has 1 aromatic rings. The third-order valence-corrected chi connectivity index (χ3v) is 2.85. The van der Waals surface area contributed by atoms with Crippen molar-refractivity contribution in [1.82, 2.24) is 10.6 Å². The van der Waals surface area contributed by atoms with Gasteiger partial charge in [0.2, 0.25) is 0 Å². The Kier molecular flexibility index (Phi) is 3.61. The van der Waals surface area contributed by atoms with E-state index in [1.807, 2.05) is 0 Å². The van der Waals surface area contributed by atoms with Crippen molar-refractivity contribution in [1.29, 1.82) is 0 Å². The lowest BCUT2D eigenvalue weighted by molar-refractivity contribution is -0.213. The molecule has 0 bridgehead atoms. The summed E-state index contributed by atoms with van der Waals surface area (Å²) in [7, 11) is 0. The zero-order valence-corrected chi connectivity index (χ0v) is 10.6. The second kappa shape index (κ2) is 5.07. The van der Waals surface area contributed by atoms with E-state index in [0.717, 1.165) is 6.20 Å². The van der Waals surface area contributed by atoms with Gasteiger partial charge in [-0.05, 0) is 12.5 Å². The van der Waals surface area contributed by atoms with E-state index in [2.05, 4.69) is 15.4 Å². The minimum absolute atomic E-state index is 0.138. The van der Waals surface area contributed by atoms with Gasteiger partial charge in [0.05, 0.1) is 12.3 Å². The van der Waals surface area contributed by atoms with E-state index in [1.54, 1.807) is 30.3 Å². The lowest BCUT2D eigenvalue weighted by Gasteiger charge is -2.30. The van der Waals surface area contributed by atoms with E-state index in [1.165, 1.54) is 6.92 Å². The lowest BCUT2D eigenvalue weighted by Crippen LogP contribution is -2.66. The average molecular weight is 286 g/mol. The zero-order valence-electron chi connectivity index (χ0n) is 10.6. The highest BCUT2D eigenvalue weighted by molar-refractivity contribution is 5.86. The van der Waals surface area contributed by atoms with Crippen LogP contribution in [-0.2, 0) is 9.53 Å². The van der Waals surface area contributed by atoms with Gasteiger partial charge in [0.1, 0.15) is 0 Å². The maximum atomic E-state index is 13.2. The van der Waals surface area contributed by atoms with Crippen LogP contribution in [0.25, 0.3) is 5.70 Å². The molecule has 0 spiro atoms. The van der Waals surface area contributed by atoms with Gasteiger partial charge in [-0.2, -0.15) is 13.2 Å². The molecular formula is C13H13F3N2O2. The van der Waals surface area contributed by atoms with Crippen molar-refractivity contribution < 1.29 is 22.7 Å². The number of alkyl halides is 3. The molecule has 4 nitrogen and oxygen atoms in total. The third-order valence-electron chi connectivity index (χ3n) is 2.85. The summed E-state index contributed by atoms with van der Waals surface area (Å²) in [5.74, 6) is -1.41. The quantitative estimate of drug-likeness (QED) is 0.834. The van der Waals surface area contributed by atoms with Crippen molar-refractivity contribution in [3.05, 3.63) is 42.1 Å². The zero-order chi connectivity index (χ0) is 14.8. The first-order chi connectivity index (χ1) is 9.40. The smallest absolute Gasteiger partial charge is 0.441 e. The molecule has 1 aliphatic heterocycles. The van der Waals surface area contributed by atoms with Crippen molar-refractivity contribution in [2.24, 2.45) is 0 Å². The number of carbonyl (C=O) groups excluding carboxylic acids is 1. The first kappa shape index (κ1) is 14.2. The normalized spacial score (nSPS) is 21.7. The van der Waals surface area contributed by atoms with Gasteiger partial charge in [-0.3, -0.25) is 0 Å². The molecule has 1 aromatic carbocycles. The van der Waals surface area contributed by atoms with Crippen LogP contribution in [0.3, 0.4) is 0 Å². The Morgan fingerprint density at radius 2 is 1.95 bits per heavy atom. The van der Waals surface area contributed by atoms with E-state index < -0.39 is 17.8 Å². The van der Waals surface area contributed by atoms with Gasteiger partial charge in [0.25, 0.3) is 0 Å². The van der Waals surface area contributed by atoms with E-state index in [4.69, 9.17) is 0 Å². The van der Waals surface area contributed by atoms with Crippen molar-refractivity contribution >= 4 is 11.7 Å². The van der Waals surface area contributed by atoms with Crippen molar-refractivity contribution in [3.8, 4) is 0 Å². The van der Waals surface area contributed by atoms with E-state index in [9.17, 15) is 18.0 Å². The van der Waals surface area contributed by atoms with Crippen LogP contribution < -0.4 is 10.6 Å². The third kappa shape index (κ3) is 2.31. The van der Waals surface area contributed by atoms with E-state index in [-0.39, 0.29) is 12.3 Å². The summed E-state index contributed by atoms with van der Waals surface area (Å²) >= 11 is 0. The Hall–Kier alpha value is -2.18. The van der Waals surface area contributed by atoms with Crippen molar-refractivity contribution in [2.45, 2.75) is 18.8 Å². The summed E-state index contributed by atoms with van der Waals surface area (Å²) in [4.78, 5) is 11.7. The summed E-state index contributed by atoms with van der Waals surface area (Å²) in [6.07, 6.45) is -3.72. The van der Waals surface area contributed by atoms with Crippen LogP contribution in [0, 0.1) is 0 Å². The molecule has 0 aromatic heterocycles. The predicted octanol–water partition coefficient (Wildman–Crippen LogP) is 2.00. The summed E-state index contributed by atoms with van der Waals surface area (Å²) < 4.78 is 44.2. The minimum Gasteiger partial charge on any atom is -0.463 e. The average Bonchev–Trinajstić information content (AvgIpc) is 2.86. The molecule has 7 heteroatoms.